The van der Waals surface area contributed by atoms with E-state index in [0.717, 1.165) is 154 Å². The highest BCUT2D eigenvalue weighted by molar-refractivity contribution is 5.74. The number of carboxylic acid groups (broad SMARTS) is 1. The van der Waals surface area contributed by atoms with Gasteiger partial charge >= 0.3 is 23.9 Å². The van der Waals surface area contributed by atoms with Gasteiger partial charge in [-0.1, -0.05) is 206 Å². The largest absolute Gasteiger partial charge is 0.479 e. The van der Waals surface area contributed by atoms with Crippen molar-refractivity contribution in [3.8, 4) is 0 Å². The van der Waals surface area contributed by atoms with Crippen molar-refractivity contribution in [2.24, 2.45) is 0 Å². The van der Waals surface area contributed by atoms with Gasteiger partial charge in [-0.15, -0.1) is 0 Å². The number of carboxylic acids is 1. The Labute approximate surface area is 478 Å². The van der Waals surface area contributed by atoms with Crippen molar-refractivity contribution in [3.63, 3.8) is 0 Å². The first kappa shape index (κ1) is 72.1. The molecule has 0 bridgehead atoms. The lowest BCUT2D eigenvalue weighted by Gasteiger charge is -2.40. The number of hydrogen-bond acceptors (Lipinski definition) is 11. The van der Waals surface area contributed by atoms with Crippen LogP contribution in [0.25, 0.3) is 0 Å². The predicted octanol–water partition coefficient (Wildman–Crippen LogP) is 16.0. The molecule has 1 heterocycles. The Morgan fingerprint density at radius 1 is 0.430 bits per heavy atom. The third-order valence-electron chi connectivity index (χ3n) is 13.0. The maximum atomic E-state index is 13.2. The average Bonchev–Trinajstić information content (AvgIpc) is 3.47. The van der Waals surface area contributed by atoms with Crippen LogP contribution in [-0.2, 0) is 42.9 Å². The molecule has 3 N–H and O–H groups in total. The summed E-state index contributed by atoms with van der Waals surface area (Å²) in [5.74, 6) is -3.21. The molecule has 446 valence electrons. The highest BCUT2D eigenvalue weighted by atomic mass is 16.7. The summed E-state index contributed by atoms with van der Waals surface area (Å²) in [5, 5.41) is 31.5. The lowest BCUT2D eigenvalue weighted by Crippen LogP contribution is -2.61. The number of unbranched alkanes of at least 4 members (excludes halogenated alkanes) is 16. The Balaban J connectivity index is 2.72. The maximum absolute atomic E-state index is 13.2. The highest BCUT2D eigenvalue weighted by Crippen LogP contribution is 2.26. The first-order valence-corrected chi connectivity index (χ1v) is 30.5. The van der Waals surface area contributed by atoms with E-state index in [4.69, 9.17) is 23.7 Å². The van der Waals surface area contributed by atoms with Crippen molar-refractivity contribution >= 4 is 23.9 Å². The standard InChI is InChI=1S/C67H106O12/c1-4-7-10-13-16-19-22-24-26-28-30-32-34-36-39-41-44-47-50-53-59(68)75-56-58(77-60(69)54-51-48-45-43-40-37-35-33-31-29-27-25-23-20-17-14-11-8-5-2)57-76-67-65(63(72)62(71)64(79-67)66(73)74)78-61(70)55-52-49-46-42-38-21-18-15-12-9-6-3/h7-8,10-11,15-20,24-27,30-33,36,39,58,62-65,67,71-72H,4-6,9,12-14,21-23,28-29,34-35,37-38,40-57H2,1-3H3,(H,73,74)/b10-7-,11-8-,18-15-,19-16-,20-17-,26-24-,27-25-,32-30-,33-31-,39-36-. The third kappa shape index (κ3) is 43.6. The fourth-order valence-corrected chi connectivity index (χ4v) is 8.37. The van der Waals surface area contributed by atoms with Crippen molar-refractivity contribution in [2.45, 2.75) is 263 Å². The van der Waals surface area contributed by atoms with Gasteiger partial charge in [-0.05, 0) is 122 Å². The molecule has 0 spiro atoms. The number of hydrogen-bond donors (Lipinski definition) is 3. The second-order valence-electron chi connectivity index (χ2n) is 20.2. The Hall–Kier alpha value is -4.88. The number of aliphatic hydroxyl groups is 2. The first-order chi connectivity index (χ1) is 38.6. The minimum atomic E-state index is -1.92. The Bertz CT molecular complexity index is 1840. The van der Waals surface area contributed by atoms with Crippen LogP contribution in [0.1, 0.15) is 226 Å². The molecular formula is C67H106O12. The van der Waals surface area contributed by atoms with Crippen LogP contribution in [0.15, 0.2) is 122 Å². The summed E-state index contributed by atoms with van der Waals surface area (Å²) in [5.41, 5.74) is 0. The molecule has 6 atom stereocenters. The van der Waals surface area contributed by atoms with E-state index in [9.17, 15) is 34.5 Å². The van der Waals surface area contributed by atoms with Gasteiger partial charge in [0.1, 0.15) is 18.8 Å². The number of esters is 3. The summed E-state index contributed by atoms with van der Waals surface area (Å²) in [4.78, 5) is 51.2. The monoisotopic (exact) mass is 1100 g/mol. The molecular weight excluding hydrogens is 997 g/mol. The molecule has 1 aliphatic rings. The molecule has 1 aliphatic heterocycles. The number of ether oxygens (including phenoxy) is 5. The first-order valence-electron chi connectivity index (χ1n) is 30.5. The zero-order valence-electron chi connectivity index (χ0n) is 49.1. The molecule has 12 heteroatoms. The lowest BCUT2D eigenvalue weighted by molar-refractivity contribution is -0.301. The smallest absolute Gasteiger partial charge is 0.335 e. The molecule has 1 fully saturated rings. The summed E-state index contributed by atoms with van der Waals surface area (Å²) < 4.78 is 28.4. The number of carbonyl (C=O) groups excluding carboxylic acids is 3. The van der Waals surface area contributed by atoms with Crippen molar-refractivity contribution in [1.29, 1.82) is 0 Å². The normalized spacial score (nSPS) is 18.7. The molecule has 1 rings (SSSR count). The van der Waals surface area contributed by atoms with Crippen LogP contribution >= 0.6 is 0 Å². The predicted molar refractivity (Wildman–Crippen MR) is 321 cm³/mol. The summed E-state index contributed by atoms with van der Waals surface area (Å²) in [6, 6.07) is 0. The number of allylic oxidation sites excluding steroid dienone is 20. The third-order valence-corrected chi connectivity index (χ3v) is 13.0. The van der Waals surface area contributed by atoms with Crippen molar-refractivity contribution in [2.75, 3.05) is 13.2 Å². The van der Waals surface area contributed by atoms with E-state index in [-0.39, 0.29) is 25.9 Å². The van der Waals surface area contributed by atoms with E-state index in [1.165, 1.54) is 12.8 Å². The van der Waals surface area contributed by atoms with Gasteiger partial charge in [0.05, 0.1) is 6.61 Å². The van der Waals surface area contributed by atoms with Crippen molar-refractivity contribution in [3.05, 3.63) is 122 Å². The number of rotatable bonds is 50. The summed E-state index contributed by atoms with van der Waals surface area (Å²) >= 11 is 0. The molecule has 0 aliphatic carbocycles. The van der Waals surface area contributed by atoms with Gasteiger partial charge in [0.25, 0.3) is 0 Å². The van der Waals surface area contributed by atoms with E-state index in [1.807, 2.05) is 0 Å². The van der Waals surface area contributed by atoms with E-state index in [1.54, 1.807) is 0 Å². The molecule has 12 nitrogen and oxygen atoms in total. The van der Waals surface area contributed by atoms with Gasteiger partial charge in [0.2, 0.25) is 0 Å². The van der Waals surface area contributed by atoms with Gasteiger partial charge in [-0.25, -0.2) is 4.79 Å². The summed E-state index contributed by atoms with van der Waals surface area (Å²) in [6.07, 6.45) is 61.7. The quantitative estimate of drug-likeness (QED) is 0.0228. The van der Waals surface area contributed by atoms with Crippen LogP contribution in [0.4, 0.5) is 0 Å². The molecule has 0 amide bonds. The molecule has 6 unspecified atom stereocenters. The van der Waals surface area contributed by atoms with Crippen LogP contribution in [0.5, 0.6) is 0 Å². The SMILES string of the molecule is CC/C=C\C/C=C\C/C=C\C/C=C\C/C=C\CCCCCC(=O)OCC(COC1OC(C(=O)O)C(O)C(O)C1OC(=O)CCCCCCC/C=C\CCCC)OC(=O)CCCCCCCC/C=C\C/C=C\C/C=C\C/C=C\CC. The van der Waals surface area contributed by atoms with Crippen molar-refractivity contribution in [1.82, 2.24) is 0 Å². The van der Waals surface area contributed by atoms with Gasteiger partial charge in [-0.2, -0.15) is 0 Å². The Morgan fingerprint density at radius 3 is 1.24 bits per heavy atom. The molecule has 0 aromatic rings. The van der Waals surface area contributed by atoms with Gasteiger partial charge in [0.15, 0.2) is 24.6 Å². The lowest BCUT2D eigenvalue weighted by atomic mass is 9.98. The van der Waals surface area contributed by atoms with Gasteiger partial charge < -0.3 is 39.0 Å². The fourth-order valence-electron chi connectivity index (χ4n) is 8.37. The van der Waals surface area contributed by atoms with Crippen LogP contribution < -0.4 is 0 Å². The maximum Gasteiger partial charge on any atom is 0.335 e. The van der Waals surface area contributed by atoms with E-state index in [2.05, 4.69) is 142 Å². The van der Waals surface area contributed by atoms with Crippen LogP contribution in [0.3, 0.4) is 0 Å². The summed E-state index contributed by atoms with van der Waals surface area (Å²) in [6.45, 7) is 5.67. The molecule has 0 aromatic carbocycles. The minimum Gasteiger partial charge on any atom is -0.479 e. The summed E-state index contributed by atoms with van der Waals surface area (Å²) in [7, 11) is 0. The van der Waals surface area contributed by atoms with Crippen molar-refractivity contribution < 1.29 is 58.2 Å². The molecule has 0 radical (unpaired) electrons. The topological polar surface area (TPSA) is 175 Å². The molecule has 1 saturated heterocycles. The number of aliphatic hydroxyl groups excluding tert-OH is 2. The van der Waals surface area contributed by atoms with Crippen LogP contribution in [-0.4, -0.2) is 89.2 Å². The second kappa shape index (κ2) is 53.7. The average molecular weight is 1100 g/mol. The van der Waals surface area contributed by atoms with E-state index in [0.29, 0.717) is 19.3 Å². The fraction of sp³-hybridized carbons (Fsp3) is 0.642. The van der Waals surface area contributed by atoms with Gasteiger partial charge in [-0.3, -0.25) is 14.4 Å². The van der Waals surface area contributed by atoms with Crippen LogP contribution in [0, 0.1) is 0 Å². The molecule has 0 saturated carbocycles. The van der Waals surface area contributed by atoms with E-state index >= 15 is 0 Å². The highest BCUT2D eigenvalue weighted by Gasteiger charge is 2.50. The van der Waals surface area contributed by atoms with Gasteiger partial charge in [0, 0.05) is 19.3 Å². The van der Waals surface area contributed by atoms with Crippen LogP contribution in [0.2, 0.25) is 0 Å². The van der Waals surface area contributed by atoms with E-state index < -0.39 is 67.3 Å². The number of aliphatic carboxylic acids is 1. The minimum absolute atomic E-state index is 0.0386. The zero-order chi connectivity index (χ0) is 57.5. The molecule has 0 aromatic heterocycles. The number of carbonyl (C=O) groups is 4. The second-order valence-corrected chi connectivity index (χ2v) is 20.2. The Kier molecular flexibility index (Phi) is 49.1. The molecule has 79 heavy (non-hydrogen) atoms. The zero-order valence-corrected chi connectivity index (χ0v) is 49.1. The Morgan fingerprint density at radius 2 is 0.797 bits per heavy atom.